The molecule has 144 valence electrons. The molecule has 1 amide bonds. The first kappa shape index (κ1) is 19.6. The number of morpholine rings is 1. The second-order valence-corrected chi connectivity index (χ2v) is 8.31. The number of carbonyl (C=O) groups excluding carboxylic acids is 1. The van der Waals surface area contributed by atoms with Crippen molar-refractivity contribution in [1.29, 1.82) is 0 Å². The zero-order valence-corrected chi connectivity index (χ0v) is 16.6. The largest absolute Gasteiger partial charge is 0.373 e. The number of benzene rings is 1. The highest BCUT2D eigenvalue weighted by Gasteiger charge is 2.29. The van der Waals surface area contributed by atoms with Gasteiger partial charge in [-0.1, -0.05) is 29.8 Å². The molecule has 2 heterocycles. The van der Waals surface area contributed by atoms with Crippen LogP contribution in [0.5, 0.6) is 0 Å². The Bertz CT molecular complexity index is 617. The third-order valence-corrected chi connectivity index (χ3v) is 5.55. The second-order valence-electron chi connectivity index (χ2n) is 7.90. The fourth-order valence-electron chi connectivity index (χ4n) is 3.95. The van der Waals surface area contributed by atoms with Crippen LogP contribution in [0, 0.1) is 0 Å². The summed E-state index contributed by atoms with van der Waals surface area (Å²) in [5.41, 5.74) is 0.914. The van der Waals surface area contributed by atoms with Gasteiger partial charge in [0.1, 0.15) is 0 Å². The lowest BCUT2D eigenvalue weighted by atomic mass is 10.1. The summed E-state index contributed by atoms with van der Waals surface area (Å²) in [6.07, 6.45) is 2.41. The molecule has 6 heteroatoms. The summed E-state index contributed by atoms with van der Waals surface area (Å²) in [5, 5.41) is 3.91. The Kier molecular flexibility index (Phi) is 6.56. The van der Waals surface area contributed by atoms with Crippen molar-refractivity contribution in [1.82, 2.24) is 15.1 Å². The number of halogens is 1. The zero-order valence-electron chi connectivity index (χ0n) is 15.8. The number of hydrogen-bond acceptors (Lipinski definition) is 4. The van der Waals surface area contributed by atoms with Crippen molar-refractivity contribution in [2.75, 3.05) is 45.9 Å². The van der Waals surface area contributed by atoms with Crippen molar-refractivity contribution in [3.8, 4) is 0 Å². The maximum Gasteiger partial charge on any atom is 0.234 e. The van der Waals surface area contributed by atoms with E-state index in [0.717, 1.165) is 36.8 Å². The molecule has 0 saturated carbocycles. The van der Waals surface area contributed by atoms with Crippen molar-refractivity contribution in [3.63, 3.8) is 0 Å². The van der Waals surface area contributed by atoms with Crippen LogP contribution in [0.25, 0.3) is 0 Å². The molecular weight excluding hydrogens is 350 g/mol. The molecule has 1 unspecified atom stereocenters. The third kappa shape index (κ3) is 5.19. The highest BCUT2D eigenvalue weighted by Crippen LogP contribution is 2.29. The summed E-state index contributed by atoms with van der Waals surface area (Å²) in [6.45, 7) is 9.52. The van der Waals surface area contributed by atoms with Crippen molar-refractivity contribution in [2.24, 2.45) is 0 Å². The molecule has 0 aromatic heterocycles. The fourth-order valence-corrected chi connectivity index (χ4v) is 4.21. The van der Waals surface area contributed by atoms with Gasteiger partial charge in [0, 0.05) is 24.7 Å². The van der Waals surface area contributed by atoms with E-state index in [1.807, 2.05) is 18.2 Å². The van der Waals surface area contributed by atoms with E-state index in [1.54, 1.807) is 0 Å². The van der Waals surface area contributed by atoms with E-state index < -0.39 is 0 Å². The standard InChI is InChI=1S/C20H30ClN3O2/c1-20(2)15-23(11-12-26-20)14-19(25)22-13-18(24-9-5-6-10-24)16-7-3-4-8-17(16)21/h3-4,7-8,18H,5-6,9-15H2,1-2H3,(H,22,25). The average molecular weight is 380 g/mol. The van der Waals surface area contributed by atoms with E-state index in [1.165, 1.54) is 12.8 Å². The smallest absolute Gasteiger partial charge is 0.234 e. The lowest BCUT2D eigenvalue weighted by Crippen LogP contribution is -2.51. The van der Waals surface area contributed by atoms with Crippen LogP contribution < -0.4 is 5.32 Å². The fraction of sp³-hybridized carbons (Fsp3) is 0.650. The van der Waals surface area contributed by atoms with E-state index in [4.69, 9.17) is 16.3 Å². The molecule has 1 N–H and O–H groups in total. The van der Waals surface area contributed by atoms with Crippen LogP contribution in [0.4, 0.5) is 0 Å². The molecule has 0 radical (unpaired) electrons. The van der Waals surface area contributed by atoms with E-state index >= 15 is 0 Å². The molecule has 2 aliphatic heterocycles. The summed E-state index contributed by atoms with van der Waals surface area (Å²) in [4.78, 5) is 17.1. The molecule has 26 heavy (non-hydrogen) atoms. The van der Waals surface area contributed by atoms with Gasteiger partial charge in [0.2, 0.25) is 5.91 Å². The van der Waals surface area contributed by atoms with Crippen LogP contribution in [-0.4, -0.2) is 67.2 Å². The maximum absolute atomic E-state index is 12.5. The topological polar surface area (TPSA) is 44.8 Å². The van der Waals surface area contributed by atoms with Gasteiger partial charge in [-0.3, -0.25) is 14.6 Å². The molecule has 2 aliphatic rings. The van der Waals surface area contributed by atoms with Gasteiger partial charge in [0.15, 0.2) is 0 Å². The lowest BCUT2D eigenvalue weighted by Gasteiger charge is -2.37. The predicted octanol–water partition coefficient (Wildman–Crippen LogP) is 2.70. The minimum absolute atomic E-state index is 0.0685. The summed E-state index contributed by atoms with van der Waals surface area (Å²) < 4.78 is 5.72. The van der Waals surface area contributed by atoms with Crippen LogP contribution in [0.2, 0.25) is 5.02 Å². The molecule has 0 bridgehead atoms. The van der Waals surface area contributed by atoms with Crippen molar-refractivity contribution in [3.05, 3.63) is 34.9 Å². The van der Waals surface area contributed by atoms with Crippen molar-refractivity contribution >= 4 is 17.5 Å². The molecule has 2 fully saturated rings. The minimum atomic E-state index is -0.186. The second kappa shape index (κ2) is 8.70. The Morgan fingerprint density at radius 2 is 2.00 bits per heavy atom. The Labute approximate surface area is 161 Å². The molecule has 1 atom stereocenters. The Morgan fingerprint density at radius 1 is 1.27 bits per heavy atom. The zero-order chi connectivity index (χ0) is 18.6. The van der Waals surface area contributed by atoms with Gasteiger partial charge in [-0.2, -0.15) is 0 Å². The number of ether oxygens (including phenoxy) is 1. The van der Waals surface area contributed by atoms with E-state index in [2.05, 4.69) is 35.0 Å². The summed E-state index contributed by atoms with van der Waals surface area (Å²) in [7, 11) is 0. The number of nitrogens with zero attached hydrogens (tertiary/aromatic N) is 2. The summed E-state index contributed by atoms with van der Waals surface area (Å²) in [6, 6.07) is 8.10. The number of nitrogens with one attached hydrogen (secondary N) is 1. The minimum Gasteiger partial charge on any atom is -0.373 e. The van der Waals surface area contributed by atoms with Crippen LogP contribution in [0.3, 0.4) is 0 Å². The molecule has 0 aliphatic carbocycles. The van der Waals surface area contributed by atoms with E-state index in [-0.39, 0.29) is 17.6 Å². The average Bonchev–Trinajstić information content (AvgIpc) is 3.10. The van der Waals surface area contributed by atoms with Gasteiger partial charge in [0.25, 0.3) is 0 Å². The molecule has 1 aromatic rings. The van der Waals surface area contributed by atoms with Gasteiger partial charge in [-0.15, -0.1) is 0 Å². The van der Waals surface area contributed by atoms with Crippen LogP contribution in [0.1, 0.15) is 38.3 Å². The third-order valence-electron chi connectivity index (χ3n) is 5.21. The van der Waals surface area contributed by atoms with Gasteiger partial charge >= 0.3 is 0 Å². The first-order valence-electron chi connectivity index (χ1n) is 9.56. The molecule has 0 spiro atoms. The van der Waals surface area contributed by atoms with Gasteiger partial charge in [-0.25, -0.2) is 0 Å². The van der Waals surface area contributed by atoms with E-state index in [9.17, 15) is 4.79 Å². The number of carbonyl (C=O) groups is 1. The van der Waals surface area contributed by atoms with Gasteiger partial charge < -0.3 is 10.1 Å². The maximum atomic E-state index is 12.5. The van der Waals surface area contributed by atoms with Crippen LogP contribution >= 0.6 is 11.6 Å². The van der Waals surface area contributed by atoms with Gasteiger partial charge in [0.05, 0.1) is 24.8 Å². The molecule has 1 aromatic carbocycles. The SMILES string of the molecule is CC1(C)CN(CC(=O)NCC(c2ccccc2Cl)N2CCCC2)CCO1. The molecule has 5 nitrogen and oxygen atoms in total. The highest BCUT2D eigenvalue weighted by molar-refractivity contribution is 6.31. The molecule has 2 saturated heterocycles. The quantitative estimate of drug-likeness (QED) is 0.825. The predicted molar refractivity (Wildman–Crippen MR) is 104 cm³/mol. The number of amides is 1. The first-order valence-corrected chi connectivity index (χ1v) is 9.94. The Balaban J connectivity index is 1.59. The normalized spacial score (nSPS) is 22.3. The lowest BCUT2D eigenvalue weighted by molar-refractivity contribution is -0.127. The summed E-state index contributed by atoms with van der Waals surface area (Å²) in [5.74, 6) is 0.0685. The number of likely N-dealkylation sites (tertiary alicyclic amines) is 1. The molecule has 3 rings (SSSR count). The monoisotopic (exact) mass is 379 g/mol. The molecular formula is C20H30ClN3O2. The van der Waals surface area contributed by atoms with Crippen LogP contribution in [0.15, 0.2) is 24.3 Å². The van der Waals surface area contributed by atoms with Gasteiger partial charge in [-0.05, 0) is 51.4 Å². The Hall–Kier alpha value is -1.14. The van der Waals surface area contributed by atoms with Crippen LogP contribution in [-0.2, 0) is 9.53 Å². The Morgan fingerprint density at radius 3 is 2.69 bits per heavy atom. The highest BCUT2D eigenvalue weighted by atomic mass is 35.5. The van der Waals surface area contributed by atoms with Crippen molar-refractivity contribution in [2.45, 2.75) is 38.3 Å². The van der Waals surface area contributed by atoms with Crippen molar-refractivity contribution < 1.29 is 9.53 Å². The van der Waals surface area contributed by atoms with E-state index in [0.29, 0.717) is 19.7 Å². The number of hydrogen-bond donors (Lipinski definition) is 1. The number of rotatable bonds is 6. The first-order chi connectivity index (χ1) is 12.4. The summed E-state index contributed by atoms with van der Waals surface area (Å²) >= 11 is 6.44.